The molecule has 4 rings (SSSR count). The molecule has 1 aliphatic rings. The van der Waals surface area contributed by atoms with Crippen molar-refractivity contribution >= 4 is 56.1 Å². The van der Waals surface area contributed by atoms with E-state index in [1.165, 1.54) is 58.7 Å². The number of thiophene rings is 1. The van der Waals surface area contributed by atoms with Crippen LogP contribution in [0.2, 0.25) is 5.02 Å². The van der Waals surface area contributed by atoms with Gasteiger partial charge in [-0.3, -0.25) is 14.5 Å². The number of halogens is 1. The molecule has 2 heterocycles. The predicted octanol–water partition coefficient (Wildman–Crippen LogP) is 4.07. The van der Waals surface area contributed by atoms with Crippen LogP contribution in [0.3, 0.4) is 0 Å². The summed E-state index contributed by atoms with van der Waals surface area (Å²) >= 11 is 7.45. The number of aliphatic hydroxyl groups excluding tert-OH is 1. The smallest absolute Gasteiger partial charge is 0.300 e. The van der Waals surface area contributed by atoms with Crippen LogP contribution in [0.5, 0.6) is 5.75 Å². The van der Waals surface area contributed by atoms with Gasteiger partial charge in [0.2, 0.25) is 10.0 Å². The fourth-order valence-corrected chi connectivity index (χ4v) is 5.19. The summed E-state index contributed by atoms with van der Waals surface area (Å²) in [5.41, 5.74) is 0.433. The van der Waals surface area contributed by atoms with E-state index in [2.05, 4.69) is 0 Å². The fourth-order valence-electron chi connectivity index (χ4n) is 3.68. The Balaban J connectivity index is 1.88. The number of Topliss-reactive ketones (excluding diaryl/α,β-unsaturated/α-hetero) is 1. The molecule has 0 bridgehead atoms. The SMILES string of the molecule is CCOc1cc(/C(O)=C2/C(=O)C(=O)N(c3ccc(S(N)(=O)=O)cc3)C2c2cccs2)ccc1Cl. The molecule has 34 heavy (non-hydrogen) atoms. The van der Waals surface area contributed by atoms with Gasteiger partial charge in [0.25, 0.3) is 11.7 Å². The lowest BCUT2D eigenvalue weighted by molar-refractivity contribution is -0.132. The van der Waals surface area contributed by atoms with E-state index in [0.29, 0.717) is 22.3 Å². The number of aliphatic hydroxyl groups is 1. The van der Waals surface area contributed by atoms with Crippen molar-refractivity contribution < 1.29 is 27.9 Å². The molecule has 1 unspecified atom stereocenters. The maximum atomic E-state index is 13.1. The molecule has 11 heteroatoms. The molecule has 0 spiro atoms. The molecular formula is C23H19ClN2O6S2. The standard InChI is InChI=1S/C23H19ClN2O6S2/c1-2-32-17-12-13(5-10-16(17)24)21(27)19-20(18-4-3-11-33-18)26(23(29)22(19)28)14-6-8-15(9-7-14)34(25,30)31/h3-12,20,27H,2H2,1H3,(H2,25,30,31)/b21-19-. The van der Waals surface area contributed by atoms with Crippen molar-refractivity contribution in [3.05, 3.63) is 81.0 Å². The van der Waals surface area contributed by atoms with Crippen LogP contribution in [0.4, 0.5) is 5.69 Å². The summed E-state index contributed by atoms with van der Waals surface area (Å²) in [6, 6.07) is 12.4. The normalized spacial score (nSPS) is 17.9. The van der Waals surface area contributed by atoms with Crippen molar-refractivity contribution in [1.82, 2.24) is 0 Å². The van der Waals surface area contributed by atoms with Crippen LogP contribution in [0, 0.1) is 0 Å². The minimum absolute atomic E-state index is 0.104. The monoisotopic (exact) mass is 518 g/mol. The van der Waals surface area contributed by atoms with Gasteiger partial charge in [-0.2, -0.15) is 0 Å². The highest BCUT2D eigenvalue weighted by Crippen LogP contribution is 2.44. The number of hydrogen-bond donors (Lipinski definition) is 2. The lowest BCUT2D eigenvalue weighted by Gasteiger charge is -2.24. The zero-order valence-corrected chi connectivity index (χ0v) is 20.2. The van der Waals surface area contributed by atoms with E-state index in [9.17, 15) is 23.1 Å². The summed E-state index contributed by atoms with van der Waals surface area (Å²) < 4.78 is 28.7. The van der Waals surface area contributed by atoms with E-state index in [-0.39, 0.29) is 27.5 Å². The third-order valence-electron chi connectivity index (χ3n) is 5.21. The summed E-state index contributed by atoms with van der Waals surface area (Å²) in [4.78, 5) is 28.0. The summed E-state index contributed by atoms with van der Waals surface area (Å²) in [5.74, 6) is -1.78. The number of nitrogens with two attached hydrogens (primary N) is 1. The largest absolute Gasteiger partial charge is 0.507 e. The fraction of sp³-hybridized carbons (Fsp3) is 0.130. The number of benzene rings is 2. The van der Waals surface area contributed by atoms with E-state index in [0.717, 1.165) is 0 Å². The van der Waals surface area contributed by atoms with Crippen molar-refractivity contribution in [3.63, 3.8) is 0 Å². The molecule has 3 N–H and O–H groups in total. The van der Waals surface area contributed by atoms with E-state index in [4.69, 9.17) is 21.5 Å². The van der Waals surface area contributed by atoms with Gasteiger partial charge in [-0.1, -0.05) is 17.7 Å². The van der Waals surface area contributed by atoms with Crippen LogP contribution >= 0.6 is 22.9 Å². The first-order chi connectivity index (χ1) is 16.1. The maximum Gasteiger partial charge on any atom is 0.300 e. The minimum Gasteiger partial charge on any atom is -0.507 e. The molecule has 1 aliphatic heterocycles. The number of ketones is 1. The van der Waals surface area contributed by atoms with Crippen LogP contribution in [0.1, 0.15) is 23.4 Å². The quantitative estimate of drug-likeness (QED) is 0.287. The number of ether oxygens (including phenoxy) is 1. The number of amides is 1. The van der Waals surface area contributed by atoms with Gasteiger partial charge in [0.1, 0.15) is 17.6 Å². The van der Waals surface area contributed by atoms with Gasteiger partial charge < -0.3 is 9.84 Å². The van der Waals surface area contributed by atoms with E-state index in [1.807, 2.05) is 0 Å². The Bertz CT molecular complexity index is 1400. The van der Waals surface area contributed by atoms with Gasteiger partial charge in [0, 0.05) is 16.1 Å². The zero-order valence-electron chi connectivity index (χ0n) is 17.8. The lowest BCUT2D eigenvalue weighted by atomic mass is 9.99. The highest BCUT2D eigenvalue weighted by atomic mass is 35.5. The summed E-state index contributed by atoms with van der Waals surface area (Å²) in [5, 5.41) is 18.5. The molecule has 176 valence electrons. The Morgan fingerprint density at radius 2 is 1.88 bits per heavy atom. The molecule has 1 atom stereocenters. The lowest BCUT2D eigenvalue weighted by Crippen LogP contribution is -2.29. The molecule has 1 aromatic heterocycles. The molecule has 0 aliphatic carbocycles. The third kappa shape index (κ3) is 4.32. The predicted molar refractivity (Wildman–Crippen MR) is 130 cm³/mol. The van der Waals surface area contributed by atoms with Crippen LogP contribution in [-0.2, 0) is 19.6 Å². The summed E-state index contributed by atoms with van der Waals surface area (Å²) in [7, 11) is -3.94. The number of rotatable bonds is 6. The number of anilines is 1. The van der Waals surface area contributed by atoms with Crippen LogP contribution < -0.4 is 14.8 Å². The van der Waals surface area contributed by atoms with Crippen molar-refractivity contribution in [1.29, 1.82) is 0 Å². The van der Waals surface area contributed by atoms with Gasteiger partial charge in [0.05, 0.1) is 22.1 Å². The van der Waals surface area contributed by atoms with Gasteiger partial charge in [-0.15, -0.1) is 11.3 Å². The molecule has 2 aromatic carbocycles. The minimum atomic E-state index is -3.94. The molecule has 1 amide bonds. The van der Waals surface area contributed by atoms with Crippen molar-refractivity contribution in [3.8, 4) is 5.75 Å². The molecule has 8 nitrogen and oxygen atoms in total. The molecule has 0 saturated carbocycles. The molecule has 0 radical (unpaired) electrons. The van der Waals surface area contributed by atoms with Crippen LogP contribution in [0.25, 0.3) is 5.76 Å². The second-order valence-corrected chi connectivity index (χ2v) is 10.2. The molecule has 1 saturated heterocycles. The Morgan fingerprint density at radius 1 is 1.18 bits per heavy atom. The van der Waals surface area contributed by atoms with Gasteiger partial charge >= 0.3 is 0 Å². The number of hydrogen-bond acceptors (Lipinski definition) is 7. The van der Waals surface area contributed by atoms with E-state index < -0.39 is 27.8 Å². The molecule has 1 fully saturated rings. The van der Waals surface area contributed by atoms with Crippen molar-refractivity contribution in [2.24, 2.45) is 5.14 Å². The summed E-state index contributed by atoms with van der Waals surface area (Å²) in [6.45, 7) is 2.13. The van der Waals surface area contributed by atoms with Crippen molar-refractivity contribution in [2.45, 2.75) is 17.9 Å². The average Bonchev–Trinajstić information content (AvgIpc) is 3.41. The highest BCUT2D eigenvalue weighted by molar-refractivity contribution is 7.89. The zero-order chi connectivity index (χ0) is 24.6. The third-order valence-corrected chi connectivity index (χ3v) is 7.37. The van der Waals surface area contributed by atoms with Gasteiger partial charge in [-0.25, -0.2) is 13.6 Å². The Morgan fingerprint density at radius 3 is 2.47 bits per heavy atom. The van der Waals surface area contributed by atoms with Gasteiger partial charge in [-0.05, 0) is 60.8 Å². The first-order valence-electron chi connectivity index (χ1n) is 10.0. The number of nitrogens with zero attached hydrogens (tertiary/aromatic N) is 1. The Hall–Kier alpha value is -3.18. The number of carbonyl (C=O) groups is 2. The number of sulfonamides is 1. The number of primary sulfonamides is 1. The molecular weight excluding hydrogens is 500 g/mol. The van der Waals surface area contributed by atoms with Crippen LogP contribution in [-0.4, -0.2) is 31.8 Å². The molecule has 3 aromatic rings. The first-order valence-corrected chi connectivity index (χ1v) is 12.8. The second kappa shape index (κ2) is 9.22. The summed E-state index contributed by atoms with van der Waals surface area (Å²) in [6.07, 6.45) is 0. The van der Waals surface area contributed by atoms with E-state index >= 15 is 0 Å². The highest BCUT2D eigenvalue weighted by Gasteiger charge is 2.47. The first kappa shape index (κ1) is 24.0. The average molecular weight is 519 g/mol. The second-order valence-electron chi connectivity index (χ2n) is 7.30. The van der Waals surface area contributed by atoms with Crippen molar-refractivity contribution in [2.75, 3.05) is 11.5 Å². The number of carbonyl (C=O) groups excluding carboxylic acids is 2. The Labute approximate surface area is 204 Å². The van der Waals surface area contributed by atoms with Crippen LogP contribution in [0.15, 0.2) is 70.4 Å². The van der Waals surface area contributed by atoms with E-state index in [1.54, 1.807) is 24.4 Å². The maximum absolute atomic E-state index is 13.1. The Kier molecular flexibility index (Phi) is 6.50. The topological polar surface area (TPSA) is 127 Å². The van der Waals surface area contributed by atoms with Gasteiger partial charge in [0.15, 0.2) is 0 Å².